The van der Waals surface area contributed by atoms with Crippen molar-refractivity contribution in [2.75, 3.05) is 32.7 Å². The highest BCUT2D eigenvalue weighted by molar-refractivity contribution is 5.82. The van der Waals surface area contributed by atoms with Crippen LogP contribution >= 0.6 is 0 Å². The van der Waals surface area contributed by atoms with Crippen molar-refractivity contribution in [1.82, 2.24) is 15.5 Å². The maximum Gasteiger partial charge on any atom is 0.224 e. The van der Waals surface area contributed by atoms with Crippen LogP contribution in [0.3, 0.4) is 0 Å². The largest absolute Gasteiger partial charge is 0.356 e. The molecule has 2 N–H and O–H groups in total. The second kappa shape index (κ2) is 6.27. The molecular weight excluding hydrogens is 192 g/mol. The summed E-state index contributed by atoms with van der Waals surface area (Å²) in [6, 6.07) is 0. The minimum atomic E-state index is 0.200. The van der Waals surface area contributed by atoms with Crippen molar-refractivity contribution < 1.29 is 4.79 Å². The fraction of sp³-hybridized carbons (Fsp3) is 0.800. The molecule has 1 aliphatic heterocycles. The molecule has 1 rings (SSSR count). The molecule has 1 heterocycles. The van der Waals surface area contributed by atoms with Crippen LogP contribution < -0.4 is 10.6 Å². The summed E-state index contributed by atoms with van der Waals surface area (Å²) in [5.41, 5.74) is 0. The van der Waals surface area contributed by atoms with Gasteiger partial charge in [-0.05, 0) is 13.8 Å². The van der Waals surface area contributed by atoms with Gasteiger partial charge in [-0.3, -0.25) is 9.79 Å². The van der Waals surface area contributed by atoms with E-state index in [1.807, 2.05) is 18.7 Å². The normalized spacial score (nSPS) is 14.4. The Labute approximate surface area is 90.9 Å². The van der Waals surface area contributed by atoms with Gasteiger partial charge >= 0.3 is 0 Å². The summed E-state index contributed by atoms with van der Waals surface area (Å²) in [4.78, 5) is 17.6. The first-order valence-corrected chi connectivity index (χ1v) is 5.57. The van der Waals surface area contributed by atoms with Crippen LogP contribution in [0.15, 0.2) is 4.99 Å². The van der Waals surface area contributed by atoms with E-state index in [0.717, 1.165) is 32.1 Å². The third kappa shape index (κ3) is 3.77. The highest BCUT2D eigenvalue weighted by Gasteiger charge is 2.09. The topological polar surface area (TPSA) is 56.7 Å². The first-order chi connectivity index (χ1) is 7.27. The number of hydrogen-bond donors (Lipinski definition) is 2. The minimum absolute atomic E-state index is 0.200. The first-order valence-electron chi connectivity index (χ1n) is 5.57. The molecule has 0 saturated carbocycles. The fourth-order valence-electron chi connectivity index (χ4n) is 1.54. The van der Waals surface area contributed by atoms with Gasteiger partial charge in [-0.15, -0.1) is 0 Å². The monoisotopic (exact) mass is 212 g/mol. The summed E-state index contributed by atoms with van der Waals surface area (Å²) >= 11 is 0. The van der Waals surface area contributed by atoms with Gasteiger partial charge in [-0.25, -0.2) is 0 Å². The summed E-state index contributed by atoms with van der Waals surface area (Å²) < 4.78 is 0. The molecule has 15 heavy (non-hydrogen) atoms. The third-order valence-electron chi connectivity index (χ3n) is 2.42. The predicted molar refractivity (Wildman–Crippen MR) is 60.9 cm³/mol. The van der Waals surface area contributed by atoms with Gasteiger partial charge in [-0.1, -0.05) is 0 Å². The van der Waals surface area contributed by atoms with Crippen LogP contribution in [0.2, 0.25) is 0 Å². The molecule has 0 bridgehead atoms. The predicted octanol–water partition coefficient (Wildman–Crippen LogP) is -0.206. The smallest absolute Gasteiger partial charge is 0.224 e. The number of nitrogens with zero attached hydrogens (tertiary/aromatic N) is 2. The van der Waals surface area contributed by atoms with Gasteiger partial charge in [-0.2, -0.15) is 0 Å². The second-order valence-electron chi connectivity index (χ2n) is 3.40. The Kier molecular flexibility index (Phi) is 4.93. The van der Waals surface area contributed by atoms with Crippen LogP contribution in [0.4, 0.5) is 0 Å². The Bertz CT molecular complexity index is 236. The Morgan fingerprint density at radius 1 is 1.53 bits per heavy atom. The number of hydrogen-bond acceptors (Lipinski definition) is 4. The zero-order chi connectivity index (χ0) is 11.1. The van der Waals surface area contributed by atoms with E-state index in [0.29, 0.717) is 13.0 Å². The molecule has 0 fully saturated rings. The number of amides is 1. The van der Waals surface area contributed by atoms with Crippen LogP contribution in [-0.4, -0.2) is 49.5 Å². The lowest BCUT2D eigenvalue weighted by Gasteiger charge is -2.18. The third-order valence-corrected chi connectivity index (χ3v) is 2.42. The van der Waals surface area contributed by atoms with E-state index in [-0.39, 0.29) is 5.91 Å². The van der Waals surface area contributed by atoms with Gasteiger partial charge in [0.15, 0.2) is 5.96 Å². The van der Waals surface area contributed by atoms with Gasteiger partial charge in [0.25, 0.3) is 0 Å². The van der Waals surface area contributed by atoms with E-state index in [9.17, 15) is 4.79 Å². The molecule has 0 aromatic rings. The molecule has 0 aromatic heterocycles. The maximum atomic E-state index is 11.6. The van der Waals surface area contributed by atoms with Crippen LogP contribution in [0.1, 0.15) is 20.3 Å². The van der Waals surface area contributed by atoms with Gasteiger partial charge in [0.2, 0.25) is 5.91 Å². The van der Waals surface area contributed by atoms with Crippen LogP contribution in [0.25, 0.3) is 0 Å². The highest BCUT2D eigenvalue weighted by atomic mass is 16.2. The molecule has 86 valence electrons. The summed E-state index contributed by atoms with van der Waals surface area (Å²) in [5.74, 6) is 1.02. The van der Waals surface area contributed by atoms with Crippen LogP contribution in [-0.2, 0) is 4.79 Å². The maximum absolute atomic E-state index is 11.6. The van der Waals surface area contributed by atoms with Crippen LogP contribution in [0.5, 0.6) is 0 Å². The fourth-order valence-corrected chi connectivity index (χ4v) is 1.54. The van der Waals surface area contributed by atoms with E-state index in [2.05, 4.69) is 15.6 Å². The van der Waals surface area contributed by atoms with Crippen molar-refractivity contribution in [3.05, 3.63) is 0 Å². The van der Waals surface area contributed by atoms with E-state index in [1.165, 1.54) is 0 Å². The van der Waals surface area contributed by atoms with Crippen molar-refractivity contribution in [3.8, 4) is 0 Å². The zero-order valence-electron chi connectivity index (χ0n) is 9.55. The van der Waals surface area contributed by atoms with E-state index in [4.69, 9.17) is 0 Å². The van der Waals surface area contributed by atoms with Crippen molar-refractivity contribution in [2.24, 2.45) is 4.99 Å². The number of carbonyl (C=O) groups excluding carboxylic acids is 1. The standard InChI is InChI=1S/C10H20N4O/c1-3-14(4-2)9(15)5-6-11-10-12-7-8-13-10/h3-8H2,1-2H3,(H2,11,12,13). The Morgan fingerprint density at radius 2 is 2.27 bits per heavy atom. The lowest BCUT2D eigenvalue weighted by molar-refractivity contribution is -0.130. The van der Waals surface area contributed by atoms with E-state index in [1.54, 1.807) is 0 Å². The summed E-state index contributed by atoms with van der Waals surface area (Å²) in [5, 5.41) is 6.21. The highest BCUT2D eigenvalue weighted by Crippen LogP contribution is 1.92. The Balaban J connectivity index is 2.16. The molecule has 0 radical (unpaired) electrons. The molecule has 0 atom stereocenters. The molecule has 1 amide bonds. The molecule has 5 heteroatoms. The number of aliphatic imine (C=N–C) groups is 1. The van der Waals surface area contributed by atoms with E-state index >= 15 is 0 Å². The van der Waals surface area contributed by atoms with Crippen molar-refractivity contribution in [1.29, 1.82) is 0 Å². The lowest BCUT2D eigenvalue weighted by atomic mass is 10.3. The Hall–Kier alpha value is -1.26. The summed E-state index contributed by atoms with van der Waals surface area (Å²) in [6.45, 7) is 7.94. The van der Waals surface area contributed by atoms with Crippen molar-refractivity contribution in [2.45, 2.75) is 20.3 Å². The van der Waals surface area contributed by atoms with Crippen molar-refractivity contribution >= 4 is 11.9 Å². The molecule has 0 saturated heterocycles. The van der Waals surface area contributed by atoms with Gasteiger partial charge in [0.1, 0.15) is 0 Å². The number of carbonyl (C=O) groups is 1. The van der Waals surface area contributed by atoms with Gasteiger partial charge < -0.3 is 15.5 Å². The molecule has 5 nitrogen and oxygen atoms in total. The molecular formula is C10H20N4O. The van der Waals surface area contributed by atoms with E-state index < -0.39 is 0 Å². The number of nitrogens with one attached hydrogen (secondary N) is 2. The van der Waals surface area contributed by atoms with Crippen LogP contribution in [0, 0.1) is 0 Å². The molecule has 0 aliphatic carbocycles. The summed E-state index contributed by atoms with van der Waals surface area (Å²) in [7, 11) is 0. The van der Waals surface area contributed by atoms with Crippen molar-refractivity contribution in [3.63, 3.8) is 0 Å². The number of rotatable bonds is 5. The first kappa shape index (κ1) is 11.8. The average molecular weight is 212 g/mol. The molecule has 0 spiro atoms. The SMILES string of the molecule is CCN(CC)C(=O)CCNC1=NCCN1. The average Bonchev–Trinajstić information content (AvgIpc) is 2.72. The van der Waals surface area contributed by atoms with Gasteiger partial charge in [0.05, 0.1) is 6.54 Å². The molecule has 0 unspecified atom stereocenters. The minimum Gasteiger partial charge on any atom is -0.356 e. The lowest BCUT2D eigenvalue weighted by Crippen LogP contribution is -2.37. The molecule has 1 aliphatic rings. The quantitative estimate of drug-likeness (QED) is 0.663. The van der Waals surface area contributed by atoms with Gasteiger partial charge in [0, 0.05) is 32.6 Å². The Morgan fingerprint density at radius 3 is 2.80 bits per heavy atom. The molecule has 0 aromatic carbocycles. The number of guanidine groups is 1. The zero-order valence-corrected chi connectivity index (χ0v) is 9.55. The summed E-state index contributed by atoms with van der Waals surface area (Å²) in [6.07, 6.45) is 0.530. The second-order valence-corrected chi connectivity index (χ2v) is 3.40.